The molecule has 9 nitrogen and oxygen atoms in total. The summed E-state index contributed by atoms with van der Waals surface area (Å²) in [5.41, 5.74) is 3.18. The van der Waals surface area contributed by atoms with Gasteiger partial charge in [0.25, 0.3) is 5.56 Å². The molecule has 1 amide bonds. The van der Waals surface area contributed by atoms with Gasteiger partial charge in [-0.2, -0.15) is 5.10 Å². The molecule has 0 saturated carbocycles. The molecule has 158 valence electrons. The van der Waals surface area contributed by atoms with Gasteiger partial charge in [-0.3, -0.25) is 14.6 Å². The van der Waals surface area contributed by atoms with Crippen LogP contribution in [0.2, 0.25) is 0 Å². The minimum atomic E-state index is -0.353. The number of aromatic nitrogens is 6. The van der Waals surface area contributed by atoms with Gasteiger partial charge in [-0.15, -0.1) is 16.4 Å². The standard InChI is InChI=1S/C21H21N7O2S/c1-13-9-14(2)28(25-13)18-6-7-20(30)27(26-18)12-19(29)23-11-17-15(3)24-21(31-17)16-5-4-8-22-10-16/h4-10H,11-12H2,1-3H3,(H,23,29). The minimum absolute atomic E-state index is 0.181. The molecule has 0 aliphatic carbocycles. The van der Waals surface area contributed by atoms with Crippen LogP contribution in [0, 0.1) is 20.8 Å². The number of nitrogens with zero attached hydrogens (tertiary/aromatic N) is 6. The molecule has 0 spiro atoms. The zero-order valence-corrected chi connectivity index (χ0v) is 18.2. The molecular formula is C21H21N7O2S. The van der Waals surface area contributed by atoms with E-state index in [1.807, 2.05) is 39.0 Å². The van der Waals surface area contributed by atoms with Crippen molar-refractivity contribution >= 4 is 17.2 Å². The first kappa shape index (κ1) is 20.6. The summed E-state index contributed by atoms with van der Waals surface area (Å²) in [7, 11) is 0. The summed E-state index contributed by atoms with van der Waals surface area (Å²) < 4.78 is 2.78. The van der Waals surface area contributed by atoms with Crippen molar-refractivity contribution in [1.29, 1.82) is 0 Å². The molecule has 4 rings (SSSR count). The summed E-state index contributed by atoms with van der Waals surface area (Å²) in [6.45, 7) is 5.84. The number of carbonyl (C=O) groups is 1. The minimum Gasteiger partial charge on any atom is -0.350 e. The van der Waals surface area contributed by atoms with Gasteiger partial charge in [0.1, 0.15) is 11.6 Å². The van der Waals surface area contributed by atoms with Crippen LogP contribution in [0.15, 0.2) is 47.5 Å². The van der Waals surface area contributed by atoms with Gasteiger partial charge < -0.3 is 5.32 Å². The molecule has 4 aromatic heterocycles. The lowest BCUT2D eigenvalue weighted by Crippen LogP contribution is -2.33. The summed E-state index contributed by atoms with van der Waals surface area (Å²) >= 11 is 1.51. The van der Waals surface area contributed by atoms with Crippen LogP contribution in [0.1, 0.15) is 22.0 Å². The third-order valence-corrected chi connectivity index (χ3v) is 5.83. The quantitative estimate of drug-likeness (QED) is 0.497. The van der Waals surface area contributed by atoms with Crippen LogP contribution in [0.4, 0.5) is 0 Å². The summed E-state index contributed by atoms with van der Waals surface area (Å²) in [5.74, 6) is 0.174. The van der Waals surface area contributed by atoms with Gasteiger partial charge in [0.2, 0.25) is 5.91 Å². The lowest BCUT2D eigenvalue weighted by atomic mass is 10.3. The number of rotatable bonds is 6. The molecule has 0 aromatic carbocycles. The fraction of sp³-hybridized carbons (Fsp3) is 0.238. The van der Waals surface area contributed by atoms with E-state index in [-0.39, 0.29) is 18.0 Å². The lowest BCUT2D eigenvalue weighted by Gasteiger charge is -2.08. The highest BCUT2D eigenvalue weighted by Gasteiger charge is 2.13. The van der Waals surface area contributed by atoms with Crippen LogP contribution < -0.4 is 10.9 Å². The third kappa shape index (κ3) is 4.58. The molecule has 0 unspecified atom stereocenters. The van der Waals surface area contributed by atoms with Gasteiger partial charge in [-0.1, -0.05) is 0 Å². The van der Waals surface area contributed by atoms with E-state index in [1.165, 1.54) is 17.4 Å². The maximum Gasteiger partial charge on any atom is 0.267 e. The highest BCUT2D eigenvalue weighted by molar-refractivity contribution is 7.15. The molecule has 0 fully saturated rings. The normalized spacial score (nSPS) is 10.9. The zero-order valence-electron chi connectivity index (χ0n) is 17.4. The second-order valence-corrected chi connectivity index (χ2v) is 8.16. The Kier molecular flexibility index (Phi) is 5.72. The van der Waals surface area contributed by atoms with Crippen LogP contribution in [-0.4, -0.2) is 35.4 Å². The van der Waals surface area contributed by atoms with E-state index in [0.29, 0.717) is 12.4 Å². The summed E-state index contributed by atoms with van der Waals surface area (Å²) in [4.78, 5) is 34.3. The monoisotopic (exact) mass is 435 g/mol. The molecule has 1 N–H and O–H groups in total. The van der Waals surface area contributed by atoms with Crippen LogP contribution >= 0.6 is 11.3 Å². The first-order chi connectivity index (χ1) is 14.9. The Morgan fingerprint density at radius 2 is 2.00 bits per heavy atom. The Balaban J connectivity index is 1.45. The van der Waals surface area contributed by atoms with Crippen LogP contribution in [0.3, 0.4) is 0 Å². The number of hydrogen-bond donors (Lipinski definition) is 1. The molecule has 4 aromatic rings. The van der Waals surface area contributed by atoms with Crippen molar-refractivity contribution in [2.75, 3.05) is 0 Å². The van der Waals surface area contributed by atoms with Crippen molar-refractivity contribution in [3.05, 3.63) is 75.0 Å². The van der Waals surface area contributed by atoms with E-state index in [2.05, 4.69) is 25.5 Å². The van der Waals surface area contributed by atoms with Crippen molar-refractivity contribution in [2.24, 2.45) is 0 Å². The molecular weight excluding hydrogens is 414 g/mol. The summed E-state index contributed by atoms with van der Waals surface area (Å²) in [5, 5.41) is 12.4. The fourth-order valence-electron chi connectivity index (χ4n) is 3.10. The molecule has 0 aliphatic heterocycles. The second-order valence-electron chi connectivity index (χ2n) is 7.07. The first-order valence-corrected chi connectivity index (χ1v) is 10.5. The third-order valence-electron chi connectivity index (χ3n) is 4.62. The van der Waals surface area contributed by atoms with Crippen molar-refractivity contribution in [3.8, 4) is 16.4 Å². The number of carbonyl (C=O) groups excluding carboxylic acids is 1. The predicted molar refractivity (Wildman–Crippen MR) is 117 cm³/mol. The molecule has 4 heterocycles. The average molecular weight is 436 g/mol. The number of hydrogen-bond acceptors (Lipinski definition) is 7. The number of amides is 1. The van der Waals surface area contributed by atoms with Crippen molar-refractivity contribution in [3.63, 3.8) is 0 Å². The lowest BCUT2D eigenvalue weighted by molar-refractivity contribution is -0.122. The topological polar surface area (TPSA) is 108 Å². The Morgan fingerprint density at radius 3 is 2.71 bits per heavy atom. The number of pyridine rings is 1. The van der Waals surface area contributed by atoms with E-state index in [0.717, 1.165) is 37.2 Å². The Morgan fingerprint density at radius 1 is 1.16 bits per heavy atom. The van der Waals surface area contributed by atoms with Crippen LogP contribution in [0.5, 0.6) is 0 Å². The average Bonchev–Trinajstić information content (AvgIpc) is 3.30. The van der Waals surface area contributed by atoms with Gasteiger partial charge in [-0.25, -0.2) is 14.3 Å². The fourth-order valence-corrected chi connectivity index (χ4v) is 4.09. The van der Waals surface area contributed by atoms with Crippen LogP contribution in [0.25, 0.3) is 16.4 Å². The largest absolute Gasteiger partial charge is 0.350 e. The van der Waals surface area contributed by atoms with E-state index in [9.17, 15) is 9.59 Å². The molecule has 0 aliphatic rings. The molecule has 0 radical (unpaired) electrons. The molecule has 10 heteroatoms. The number of nitrogens with one attached hydrogen (secondary N) is 1. The number of aryl methyl sites for hydroxylation is 3. The second kappa shape index (κ2) is 8.60. The Labute approximate surface area is 182 Å². The van der Waals surface area contributed by atoms with Gasteiger partial charge in [-0.05, 0) is 45.0 Å². The molecule has 0 saturated heterocycles. The summed E-state index contributed by atoms with van der Waals surface area (Å²) in [6.07, 6.45) is 3.47. The molecule has 0 bridgehead atoms. The van der Waals surface area contributed by atoms with Gasteiger partial charge in [0.05, 0.1) is 17.9 Å². The van der Waals surface area contributed by atoms with E-state index in [1.54, 1.807) is 23.1 Å². The van der Waals surface area contributed by atoms with E-state index in [4.69, 9.17) is 0 Å². The Hall–Kier alpha value is -3.66. The maximum absolute atomic E-state index is 12.5. The van der Waals surface area contributed by atoms with E-state index >= 15 is 0 Å². The number of thiazole rings is 1. The predicted octanol–water partition coefficient (Wildman–Crippen LogP) is 2.19. The molecule has 0 atom stereocenters. The van der Waals surface area contributed by atoms with Crippen molar-refractivity contribution in [2.45, 2.75) is 33.9 Å². The highest BCUT2D eigenvalue weighted by atomic mass is 32.1. The van der Waals surface area contributed by atoms with Crippen molar-refractivity contribution in [1.82, 2.24) is 34.8 Å². The van der Waals surface area contributed by atoms with Gasteiger partial charge >= 0.3 is 0 Å². The first-order valence-electron chi connectivity index (χ1n) is 9.66. The summed E-state index contributed by atoms with van der Waals surface area (Å²) in [6, 6.07) is 8.71. The highest BCUT2D eigenvalue weighted by Crippen LogP contribution is 2.27. The van der Waals surface area contributed by atoms with Crippen molar-refractivity contribution < 1.29 is 4.79 Å². The molecule has 31 heavy (non-hydrogen) atoms. The van der Waals surface area contributed by atoms with Gasteiger partial charge in [0, 0.05) is 34.6 Å². The van der Waals surface area contributed by atoms with E-state index < -0.39 is 0 Å². The maximum atomic E-state index is 12.5. The zero-order chi connectivity index (χ0) is 22.0. The Bertz CT molecular complexity index is 1290. The van der Waals surface area contributed by atoms with Gasteiger partial charge in [0.15, 0.2) is 5.82 Å². The van der Waals surface area contributed by atoms with Crippen LogP contribution in [-0.2, 0) is 17.9 Å². The SMILES string of the molecule is Cc1cc(C)n(-c2ccc(=O)n(CC(=O)NCc3sc(-c4cccnc4)nc3C)n2)n1. The smallest absolute Gasteiger partial charge is 0.267 e.